The van der Waals surface area contributed by atoms with Crippen molar-refractivity contribution in [3.8, 4) is 5.75 Å². The van der Waals surface area contributed by atoms with Gasteiger partial charge in [-0.2, -0.15) is 18.3 Å². The largest absolute Gasteiger partial charge is 0.484 e. The molecule has 2 rings (SSSR count). The van der Waals surface area contributed by atoms with Crippen molar-refractivity contribution in [3.63, 3.8) is 0 Å². The van der Waals surface area contributed by atoms with E-state index in [4.69, 9.17) is 9.47 Å². The topological polar surface area (TPSA) is 118 Å². The molecule has 33 heavy (non-hydrogen) atoms. The van der Waals surface area contributed by atoms with Crippen LogP contribution in [0, 0.1) is 0 Å². The second-order valence-electron chi connectivity index (χ2n) is 6.40. The van der Waals surface area contributed by atoms with Crippen LogP contribution in [0.3, 0.4) is 0 Å². The van der Waals surface area contributed by atoms with Gasteiger partial charge in [0.25, 0.3) is 5.91 Å². The fraction of sp³-hybridized carbons (Fsp3) is 0.238. The van der Waals surface area contributed by atoms with E-state index >= 15 is 0 Å². The molecule has 2 aromatic carbocycles. The van der Waals surface area contributed by atoms with Crippen molar-refractivity contribution in [1.82, 2.24) is 10.7 Å². The van der Waals surface area contributed by atoms with Crippen molar-refractivity contribution >= 4 is 29.6 Å². The Bertz CT molecular complexity index is 1010. The highest BCUT2D eigenvalue weighted by Crippen LogP contribution is 2.34. The summed E-state index contributed by atoms with van der Waals surface area (Å²) in [5.41, 5.74) is 1.18. The SMILES string of the molecule is COCCNC(=O)C(=O)N/N=C\c1cccc(OCC(=O)Nc2ccccc2C(F)(F)F)c1. The second kappa shape index (κ2) is 12.2. The lowest BCUT2D eigenvalue weighted by Gasteiger charge is -2.13. The molecule has 0 unspecified atom stereocenters. The van der Waals surface area contributed by atoms with Crippen LogP contribution in [0.2, 0.25) is 0 Å². The Morgan fingerprint density at radius 3 is 2.55 bits per heavy atom. The quantitative estimate of drug-likeness (QED) is 0.226. The van der Waals surface area contributed by atoms with Gasteiger partial charge in [-0.1, -0.05) is 24.3 Å². The summed E-state index contributed by atoms with van der Waals surface area (Å²) in [4.78, 5) is 35.1. The van der Waals surface area contributed by atoms with Crippen LogP contribution in [0.4, 0.5) is 18.9 Å². The zero-order valence-electron chi connectivity index (χ0n) is 17.4. The van der Waals surface area contributed by atoms with Crippen molar-refractivity contribution < 1.29 is 37.0 Å². The van der Waals surface area contributed by atoms with Gasteiger partial charge in [0, 0.05) is 13.7 Å². The first kappa shape index (κ1) is 25.3. The minimum absolute atomic E-state index is 0.168. The average molecular weight is 466 g/mol. The second-order valence-corrected chi connectivity index (χ2v) is 6.40. The third-order valence-electron chi connectivity index (χ3n) is 3.91. The molecular weight excluding hydrogens is 445 g/mol. The van der Waals surface area contributed by atoms with E-state index < -0.39 is 36.1 Å². The Labute approximate surface area is 186 Å². The van der Waals surface area contributed by atoms with Gasteiger partial charge >= 0.3 is 18.0 Å². The first-order valence-electron chi connectivity index (χ1n) is 9.50. The lowest BCUT2D eigenvalue weighted by atomic mass is 10.1. The van der Waals surface area contributed by atoms with E-state index in [-0.39, 0.29) is 24.6 Å². The molecule has 0 fully saturated rings. The number of hydrogen-bond acceptors (Lipinski definition) is 6. The standard InChI is InChI=1S/C21H21F3N4O5/c1-32-10-9-25-19(30)20(31)28-26-12-14-5-4-6-15(11-14)33-13-18(29)27-17-8-3-2-7-16(17)21(22,23)24/h2-8,11-12H,9-10,13H2,1H3,(H,25,30)(H,27,29)(H,28,31)/b26-12-. The lowest BCUT2D eigenvalue weighted by Crippen LogP contribution is -2.39. The molecule has 0 aromatic heterocycles. The number of carbonyl (C=O) groups excluding carboxylic acids is 3. The number of nitrogens with zero attached hydrogens (tertiary/aromatic N) is 1. The van der Waals surface area contributed by atoms with Gasteiger partial charge in [0.15, 0.2) is 6.61 Å². The Morgan fingerprint density at radius 2 is 1.82 bits per heavy atom. The van der Waals surface area contributed by atoms with E-state index in [0.29, 0.717) is 5.56 Å². The van der Waals surface area contributed by atoms with Crippen LogP contribution in [0.15, 0.2) is 53.6 Å². The zero-order chi connectivity index (χ0) is 24.3. The lowest BCUT2D eigenvalue weighted by molar-refractivity contribution is -0.139. The normalized spacial score (nSPS) is 11.2. The fourth-order valence-electron chi connectivity index (χ4n) is 2.42. The first-order chi connectivity index (χ1) is 15.7. The number of anilines is 1. The van der Waals surface area contributed by atoms with E-state index in [2.05, 4.69) is 21.2 Å². The molecule has 0 spiro atoms. The molecule has 2 aromatic rings. The maximum absolute atomic E-state index is 13.0. The summed E-state index contributed by atoms with van der Waals surface area (Å²) in [6.07, 6.45) is -3.37. The predicted molar refractivity (Wildman–Crippen MR) is 113 cm³/mol. The number of amides is 3. The van der Waals surface area contributed by atoms with E-state index in [1.165, 1.54) is 37.6 Å². The van der Waals surface area contributed by atoms with Crippen molar-refractivity contribution in [2.75, 3.05) is 32.2 Å². The molecule has 0 radical (unpaired) electrons. The Kier molecular flexibility index (Phi) is 9.36. The third kappa shape index (κ3) is 8.61. The van der Waals surface area contributed by atoms with Gasteiger partial charge in [0.05, 0.1) is 24.1 Å². The predicted octanol–water partition coefficient (Wildman–Crippen LogP) is 1.94. The van der Waals surface area contributed by atoms with Gasteiger partial charge in [-0.25, -0.2) is 5.43 Å². The summed E-state index contributed by atoms with van der Waals surface area (Å²) < 4.78 is 49.1. The zero-order valence-corrected chi connectivity index (χ0v) is 17.4. The molecule has 0 bridgehead atoms. The van der Waals surface area contributed by atoms with Crippen molar-refractivity contribution in [2.45, 2.75) is 6.18 Å². The number of hydrogen-bond donors (Lipinski definition) is 3. The van der Waals surface area contributed by atoms with Gasteiger partial charge in [-0.15, -0.1) is 0 Å². The Balaban J connectivity index is 1.88. The molecule has 3 amide bonds. The molecule has 0 aliphatic carbocycles. The maximum Gasteiger partial charge on any atom is 0.418 e. The number of benzene rings is 2. The molecule has 3 N–H and O–H groups in total. The number of hydrazone groups is 1. The van der Waals surface area contributed by atoms with E-state index in [9.17, 15) is 27.6 Å². The van der Waals surface area contributed by atoms with Crippen LogP contribution in [-0.4, -0.2) is 50.8 Å². The number of carbonyl (C=O) groups is 3. The Hall–Kier alpha value is -3.93. The van der Waals surface area contributed by atoms with Gasteiger partial charge in [0.2, 0.25) is 0 Å². The molecule has 0 atom stereocenters. The number of alkyl halides is 3. The summed E-state index contributed by atoms with van der Waals surface area (Å²) in [5, 5.41) is 8.16. The van der Waals surface area contributed by atoms with Gasteiger partial charge in [-0.05, 0) is 29.8 Å². The highest BCUT2D eigenvalue weighted by molar-refractivity contribution is 6.35. The van der Waals surface area contributed by atoms with Crippen molar-refractivity contribution in [1.29, 1.82) is 0 Å². The fourth-order valence-corrected chi connectivity index (χ4v) is 2.42. The van der Waals surface area contributed by atoms with Crippen molar-refractivity contribution in [3.05, 3.63) is 59.7 Å². The average Bonchev–Trinajstić information content (AvgIpc) is 2.77. The van der Waals surface area contributed by atoms with Crippen LogP contribution in [-0.2, 0) is 25.3 Å². The molecule has 12 heteroatoms. The third-order valence-corrected chi connectivity index (χ3v) is 3.91. The molecule has 0 heterocycles. The van der Waals surface area contributed by atoms with E-state index in [1.807, 2.05) is 0 Å². The van der Waals surface area contributed by atoms with Crippen LogP contribution >= 0.6 is 0 Å². The molecule has 0 aliphatic rings. The van der Waals surface area contributed by atoms with Crippen LogP contribution in [0.5, 0.6) is 5.75 Å². The number of methoxy groups -OCH3 is 1. The first-order valence-corrected chi connectivity index (χ1v) is 9.50. The smallest absolute Gasteiger partial charge is 0.418 e. The van der Waals surface area contributed by atoms with Crippen LogP contribution < -0.4 is 20.8 Å². The molecule has 0 saturated heterocycles. The number of para-hydroxylation sites is 1. The van der Waals surface area contributed by atoms with Gasteiger partial charge in [-0.3, -0.25) is 14.4 Å². The van der Waals surface area contributed by atoms with Crippen LogP contribution in [0.25, 0.3) is 0 Å². The van der Waals surface area contributed by atoms with Gasteiger partial charge < -0.3 is 20.1 Å². The molecular formula is C21H21F3N4O5. The Morgan fingerprint density at radius 1 is 1.06 bits per heavy atom. The minimum Gasteiger partial charge on any atom is -0.484 e. The monoisotopic (exact) mass is 466 g/mol. The summed E-state index contributed by atoms with van der Waals surface area (Å²) >= 11 is 0. The van der Waals surface area contributed by atoms with E-state index in [1.54, 1.807) is 12.1 Å². The minimum atomic E-state index is -4.61. The summed E-state index contributed by atoms with van der Waals surface area (Å²) in [7, 11) is 1.45. The molecule has 0 saturated carbocycles. The maximum atomic E-state index is 13.0. The number of nitrogens with one attached hydrogen (secondary N) is 3. The number of ether oxygens (including phenoxy) is 2. The molecule has 9 nitrogen and oxygen atoms in total. The molecule has 0 aliphatic heterocycles. The molecule has 176 valence electrons. The van der Waals surface area contributed by atoms with E-state index in [0.717, 1.165) is 12.1 Å². The summed E-state index contributed by atoms with van der Waals surface area (Å²) in [5.74, 6) is -2.38. The number of halogens is 3. The van der Waals surface area contributed by atoms with Crippen LogP contribution in [0.1, 0.15) is 11.1 Å². The summed E-state index contributed by atoms with van der Waals surface area (Å²) in [6, 6.07) is 10.8. The van der Waals surface area contributed by atoms with Crippen molar-refractivity contribution in [2.24, 2.45) is 5.10 Å². The van der Waals surface area contributed by atoms with Gasteiger partial charge in [0.1, 0.15) is 5.75 Å². The highest BCUT2D eigenvalue weighted by atomic mass is 19.4. The summed E-state index contributed by atoms with van der Waals surface area (Å²) in [6.45, 7) is -0.117. The highest BCUT2D eigenvalue weighted by Gasteiger charge is 2.33. The number of rotatable bonds is 9.